The van der Waals surface area contributed by atoms with Crippen molar-refractivity contribution in [2.45, 2.75) is 70.9 Å². The molecule has 0 radical (unpaired) electrons. The maximum absolute atomic E-state index is 12.6. The molecular weight excluding hydrogens is 526 g/mol. The number of nitrogen functional groups attached to an aromatic ring is 1. The molecule has 0 bridgehead atoms. The number of anilines is 1. The Morgan fingerprint density at radius 3 is 2.15 bits per heavy atom. The van der Waals surface area contributed by atoms with E-state index in [1.807, 2.05) is 37.3 Å². The van der Waals surface area contributed by atoms with Gasteiger partial charge in [-0.1, -0.05) is 43.7 Å². The second-order valence-corrected chi connectivity index (χ2v) is 10.1. The molecule has 0 spiro atoms. The highest BCUT2D eigenvalue weighted by Gasteiger charge is 2.34. The molecular formula is C31H43N3O7. The Morgan fingerprint density at radius 2 is 1.59 bits per heavy atom. The van der Waals surface area contributed by atoms with Crippen molar-refractivity contribution in [2.24, 2.45) is 17.6 Å². The van der Waals surface area contributed by atoms with E-state index in [4.69, 9.17) is 20.9 Å². The average molecular weight is 570 g/mol. The molecule has 3 rings (SSSR count). The van der Waals surface area contributed by atoms with E-state index in [9.17, 15) is 24.3 Å². The molecule has 1 aliphatic carbocycles. The Kier molecular flexibility index (Phi) is 14.4. The number of hydrogen-bond donors (Lipinski definition) is 4. The number of carbonyl (C=O) groups is 4. The van der Waals surface area contributed by atoms with Gasteiger partial charge in [0, 0.05) is 18.0 Å². The molecule has 1 unspecified atom stereocenters. The highest BCUT2D eigenvalue weighted by Crippen LogP contribution is 2.31. The molecule has 10 heteroatoms. The first-order valence-electron chi connectivity index (χ1n) is 14.2. The highest BCUT2D eigenvalue weighted by molar-refractivity contribution is 5.89. The van der Waals surface area contributed by atoms with Crippen molar-refractivity contribution >= 4 is 29.5 Å². The number of amides is 1. The van der Waals surface area contributed by atoms with Gasteiger partial charge in [0.2, 0.25) is 5.91 Å². The summed E-state index contributed by atoms with van der Waals surface area (Å²) in [4.78, 5) is 47.3. The number of unbranched alkanes of at least 4 members (excludes halogenated alkanes) is 1. The Labute approximate surface area is 241 Å². The molecule has 0 aromatic heterocycles. The smallest absolute Gasteiger partial charge is 0.338 e. The third-order valence-electron chi connectivity index (χ3n) is 6.98. The fourth-order valence-electron chi connectivity index (χ4n) is 4.52. The van der Waals surface area contributed by atoms with Crippen LogP contribution in [0.25, 0.3) is 0 Å². The molecule has 2 aromatic carbocycles. The number of carbonyl (C=O) groups excluding carboxylic acids is 3. The molecule has 1 amide bonds. The fraction of sp³-hybridized carbons (Fsp3) is 0.484. The standard InChI is InChI=1S/C22H32N2O5.C9H11NO2/c1-2-3-13-29-22(28)19(23)16-9-11-17(12-10-16)20(25)24-18(21(26)27)14-15-7-5-4-6-8-15;1-2-12-9(11)7-3-5-8(10)6-4-7/h4-8,16-19H,2-3,9-14,23H2,1H3,(H,24,25)(H,26,27);3-6H,2,10H2,1H3/t16?,17?,18-,19?;/m0./s1. The number of rotatable bonds is 12. The van der Waals surface area contributed by atoms with Crippen LogP contribution in [0.1, 0.15) is 68.3 Å². The number of esters is 2. The second-order valence-electron chi connectivity index (χ2n) is 10.1. The van der Waals surface area contributed by atoms with Crippen LogP contribution in [-0.4, -0.2) is 54.2 Å². The molecule has 1 saturated carbocycles. The second kappa shape index (κ2) is 17.7. The molecule has 1 aliphatic rings. The van der Waals surface area contributed by atoms with Crippen molar-refractivity contribution in [1.29, 1.82) is 0 Å². The number of carboxylic acid groups (broad SMARTS) is 1. The number of aliphatic carboxylic acids is 1. The van der Waals surface area contributed by atoms with E-state index in [1.165, 1.54) is 0 Å². The van der Waals surface area contributed by atoms with Crippen LogP contribution in [-0.2, 0) is 30.3 Å². The van der Waals surface area contributed by atoms with Crippen LogP contribution in [0.5, 0.6) is 0 Å². The molecule has 2 aromatic rings. The minimum absolute atomic E-state index is 0.00670. The monoisotopic (exact) mass is 569 g/mol. The van der Waals surface area contributed by atoms with Crippen LogP contribution < -0.4 is 16.8 Å². The van der Waals surface area contributed by atoms with Gasteiger partial charge < -0.3 is 31.4 Å². The summed E-state index contributed by atoms with van der Waals surface area (Å²) in [5.74, 6) is -2.24. The van der Waals surface area contributed by atoms with Gasteiger partial charge in [-0.25, -0.2) is 9.59 Å². The first-order chi connectivity index (χ1) is 19.7. The van der Waals surface area contributed by atoms with Crippen LogP contribution in [0.15, 0.2) is 54.6 Å². The van der Waals surface area contributed by atoms with Gasteiger partial charge in [0.15, 0.2) is 0 Å². The summed E-state index contributed by atoms with van der Waals surface area (Å²) in [5, 5.41) is 12.1. The molecule has 224 valence electrons. The summed E-state index contributed by atoms with van der Waals surface area (Å²) >= 11 is 0. The van der Waals surface area contributed by atoms with Gasteiger partial charge in [0.05, 0.1) is 18.8 Å². The number of hydrogen-bond acceptors (Lipinski definition) is 8. The molecule has 6 N–H and O–H groups in total. The summed E-state index contributed by atoms with van der Waals surface area (Å²) in [6.45, 7) is 4.58. The summed E-state index contributed by atoms with van der Waals surface area (Å²) in [6.07, 6.45) is 4.49. The molecule has 0 heterocycles. The molecule has 1 fully saturated rings. The molecule has 0 aliphatic heterocycles. The molecule has 0 saturated heterocycles. The zero-order valence-corrected chi connectivity index (χ0v) is 23.9. The fourth-order valence-corrected chi connectivity index (χ4v) is 4.52. The van der Waals surface area contributed by atoms with Crippen molar-refractivity contribution < 1.29 is 33.8 Å². The maximum atomic E-state index is 12.6. The number of benzene rings is 2. The van der Waals surface area contributed by atoms with Gasteiger partial charge >= 0.3 is 17.9 Å². The van der Waals surface area contributed by atoms with Crippen LogP contribution in [0.3, 0.4) is 0 Å². The zero-order chi connectivity index (χ0) is 30.2. The van der Waals surface area contributed by atoms with Gasteiger partial charge in [0.1, 0.15) is 12.1 Å². The predicted octanol–water partition coefficient (Wildman–Crippen LogP) is 3.72. The lowest BCUT2D eigenvalue weighted by molar-refractivity contribution is -0.147. The summed E-state index contributed by atoms with van der Waals surface area (Å²) in [5.41, 5.74) is 13.5. The molecule has 2 atom stereocenters. The topological polar surface area (TPSA) is 171 Å². The van der Waals surface area contributed by atoms with E-state index in [0.29, 0.717) is 50.1 Å². The third kappa shape index (κ3) is 11.6. The Morgan fingerprint density at radius 1 is 0.951 bits per heavy atom. The Bertz CT molecular complexity index is 1100. The van der Waals surface area contributed by atoms with Crippen molar-refractivity contribution in [3.8, 4) is 0 Å². The van der Waals surface area contributed by atoms with Crippen molar-refractivity contribution in [3.63, 3.8) is 0 Å². The number of ether oxygens (including phenoxy) is 2. The lowest BCUT2D eigenvalue weighted by atomic mass is 9.78. The van der Waals surface area contributed by atoms with Crippen LogP contribution in [0, 0.1) is 11.8 Å². The van der Waals surface area contributed by atoms with Crippen molar-refractivity contribution in [3.05, 3.63) is 65.7 Å². The Balaban J connectivity index is 0.000000408. The number of nitrogens with one attached hydrogen (secondary N) is 1. The van der Waals surface area contributed by atoms with Gasteiger partial charge in [0.25, 0.3) is 0 Å². The van der Waals surface area contributed by atoms with E-state index in [-0.39, 0.29) is 36.1 Å². The molecule has 41 heavy (non-hydrogen) atoms. The van der Waals surface area contributed by atoms with Crippen molar-refractivity contribution in [2.75, 3.05) is 18.9 Å². The normalized spacial score (nSPS) is 17.6. The van der Waals surface area contributed by atoms with Gasteiger partial charge in [-0.05, 0) is 74.8 Å². The summed E-state index contributed by atoms with van der Waals surface area (Å²) in [7, 11) is 0. The quantitative estimate of drug-likeness (QED) is 0.169. The van der Waals surface area contributed by atoms with Gasteiger partial charge in [-0.15, -0.1) is 0 Å². The highest BCUT2D eigenvalue weighted by atomic mass is 16.5. The van der Waals surface area contributed by atoms with Crippen LogP contribution >= 0.6 is 0 Å². The van der Waals surface area contributed by atoms with Crippen LogP contribution in [0.2, 0.25) is 0 Å². The molecule has 10 nitrogen and oxygen atoms in total. The van der Waals surface area contributed by atoms with Crippen LogP contribution in [0.4, 0.5) is 5.69 Å². The number of nitrogens with two attached hydrogens (primary N) is 2. The van der Waals surface area contributed by atoms with E-state index in [0.717, 1.165) is 18.4 Å². The minimum Gasteiger partial charge on any atom is -0.480 e. The zero-order valence-electron chi connectivity index (χ0n) is 23.9. The summed E-state index contributed by atoms with van der Waals surface area (Å²) in [6, 6.07) is 14.2. The lowest BCUT2D eigenvalue weighted by Crippen LogP contribution is -2.47. The van der Waals surface area contributed by atoms with Crippen molar-refractivity contribution in [1.82, 2.24) is 5.32 Å². The lowest BCUT2D eigenvalue weighted by Gasteiger charge is -2.31. The third-order valence-corrected chi connectivity index (χ3v) is 6.98. The minimum atomic E-state index is -1.05. The van der Waals surface area contributed by atoms with Gasteiger partial charge in [-0.3, -0.25) is 9.59 Å². The maximum Gasteiger partial charge on any atom is 0.338 e. The predicted molar refractivity (Wildman–Crippen MR) is 156 cm³/mol. The number of carboxylic acids is 1. The van der Waals surface area contributed by atoms with E-state index < -0.39 is 18.1 Å². The Hall–Kier alpha value is -3.92. The summed E-state index contributed by atoms with van der Waals surface area (Å²) < 4.78 is 9.99. The van der Waals surface area contributed by atoms with Gasteiger partial charge in [-0.2, -0.15) is 0 Å². The largest absolute Gasteiger partial charge is 0.480 e. The van der Waals surface area contributed by atoms with E-state index >= 15 is 0 Å². The first-order valence-corrected chi connectivity index (χ1v) is 14.2. The van der Waals surface area contributed by atoms with E-state index in [2.05, 4.69) is 5.32 Å². The average Bonchev–Trinajstić information content (AvgIpc) is 2.98. The van der Waals surface area contributed by atoms with E-state index in [1.54, 1.807) is 31.2 Å². The first kappa shape index (κ1) is 33.3. The SMILES string of the molecule is CCCCOC(=O)C(N)C1CCC(C(=O)N[C@@H](Cc2ccccc2)C(=O)O)CC1.CCOC(=O)c1ccc(N)cc1.